The van der Waals surface area contributed by atoms with Crippen molar-refractivity contribution in [3.63, 3.8) is 0 Å². The van der Waals surface area contributed by atoms with Gasteiger partial charge in [-0.25, -0.2) is 14.4 Å². The minimum atomic E-state index is -0.163. The van der Waals surface area contributed by atoms with E-state index in [1.165, 1.54) is 6.07 Å². The Bertz CT molecular complexity index is 756. The third kappa shape index (κ3) is 5.23. The second-order valence-corrected chi connectivity index (χ2v) is 8.90. The maximum absolute atomic E-state index is 14.3. The SMILES string of the molecule is CC1(C)CC(N(Cc2cnc(N)nc2)Cc2ccccc2F)CC(C)(C)N1. The fraction of sp³-hybridized carbons (Fsp3) is 0.524. The van der Waals surface area contributed by atoms with Gasteiger partial charge in [-0.05, 0) is 46.6 Å². The molecule has 0 amide bonds. The van der Waals surface area contributed by atoms with Crippen molar-refractivity contribution in [2.45, 2.75) is 70.7 Å². The summed E-state index contributed by atoms with van der Waals surface area (Å²) in [4.78, 5) is 10.6. The number of rotatable bonds is 5. The maximum atomic E-state index is 14.3. The van der Waals surface area contributed by atoms with E-state index in [0.29, 0.717) is 24.7 Å². The summed E-state index contributed by atoms with van der Waals surface area (Å²) in [5.74, 6) is 0.104. The Morgan fingerprint density at radius 1 is 1.07 bits per heavy atom. The van der Waals surface area contributed by atoms with E-state index in [1.807, 2.05) is 12.1 Å². The summed E-state index contributed by atoms with van der Waals surface area (Å²) in [5, 5.41) is 3.72. The largest absolute Gasteiger partial charge is 0.368 e. The molecule has 6 heteroatoms. The van der Waals surface area contributed by atoms with Crippen LogP contribution in [0, 0.1) is 5.82 Å². The van der Waals surface area contributed by atoms with Gasteiger partial charge in [0.15, 0.2) is 0 Å². The highest BCUT2D eigenvalue weighted by Crippen LogP contribution is 2.33. The summed E-state index contributed by atoms with van der Waals surface area (Å²) < 4.78 is 14.3. The van der Waals surface area contributed by atoms with Gasteiger partial charge in [0.05, 0.1) is 0 Å². The van der Waals surface area contributed by atoms with Crippen molar-refractivity contribution in [1.82, 2.24) is 20.2 Å². The third-order valence-electron chi connectivity index (χ3n) is 5.13. The number of nitrogens with one attached hydrogen (secondary N) is 1. The van der Waals surface area contributed by atoms with Crippen LogP contribution in [0.1, 0.15) is 51.7 Å². The van der Waals surface area contributed by atoms with Crippen molar-refractivity contribution in [3.8, 4) is 0 Å². The van der Waals surface area contributed by atoms with E-state index >= 15 is 0 Å². The highest BCUT2D eigenvalue weighted by Gasteiger charge is 2.40. The number of piperidine rings is 1. The predicted octanol–water partition coefficient (Wildman–Crippen LogP) is 3.51. The molecule has 1 fully saturated rings. The summed E-state index contributed by atoms with van der Waals surface area (Å²) in [6.45, 7) is 10.1. The number of nitrogens with two attached hydrogens (primary N) is 1. The maximum Gasteiger partial charge on any atom is 0.219 e. The normalized spacial score (nSPS) is 19.3. The van der Waals surface area contributed by atoms with E-state index in [4.69, 9.17) is 5.73 Å². The van der Waals surface area contributed by atoms with Gasteiger partial charge >= 0.3 is 0 Å². The lowest BCUT2D eigenvalue weighted by Crippen LogP contribution is -2.62. The average molecular weight is 372 g/mol. The van der Waals surface area contributed by atoms with Crippen LogP contribution in [0.25, 0.3) is 0 Å². The molecule has 0 bridgehead atoms. The molecule has 1 aromatic carbocycles. The number of halogens is 1. The van der Waals surface area contributed by atoms with Crippen LogP contribution in [0.4, 0.5) is 10.3 Å². The van der Waals surface area contributed by atoms with Crippen molar-refractivity contribution in [2.75, 3.05) is 5.73 Å². The summed E-state index contributed by atoms with van der Waals surface area (Å²) in [5.41, 5.74) is 7.34. The Balaban J connectivity index is 1.88. The van der Waals surface area contributed by atoms with Crippen molar-refractivity contribution in [1.29, 1.82) is 0 Å². The number of anilines is 1. The predicted molar refractivity (Wildman–Crippen MR) is 106 cm³/mol. The summed E-state index contributed by atoms with van der Waals surface area (Å²) >= 11 is 0. The summed E-state index contributed by atoms with van der Waals surface area (Å²) in [6.07, 6.45) is 5.49. The minimum absolute atomic E-state index is 0.0114. The molecule has 1 aliphatic heterocycles. The summed E-state index contributed by atoms with van der Waals surface area (Å²) in [7, 11) is 0. The lowest BCUT2D eigenvalue weighted by atomic mass is 9.79. The lowest BCUT2D eigenvalue weighted by Gasteiger charge is -2.49. The third-order valence-corrected chi connectivity index (χ3v) is 5.13. The van der Waals surface area contributed by atoms with Gasteiger partial charge in [-0.3, -0.25) is 4.90 Å². The van der Waals surface area contributed by atoms with Gasteiger partial charge in [0.2, 0.25) is 5.95 Å². The van der Waals surface area contributed by atoms with E-state index in [9.17, 15) is 4.39 Å². The molecule has 0 unspecified atom stereocenters. The zero-order chi connectivity index (χ0) is 19.7. The lowest BCUT2D eigenvalue weighted by molar-refractivity contribution is 0.0556. The van der Waals surface area contributed by atoms with Crippen LogP contribution in [0.3, 0.4) is 0 Å². The van der Waals surface area contributed by atoms with E-state index in [0.717, 1.165) is 18.4 Å². The first-order valence-corrected chi connectivity index (χ1v) is 9.47. The van der Waals surface area contributed by atoms with E-state index in [-0.39, 0.29) is 22.8 Å². The van der Waals surface area contributed by atoms with Crippen LogP contribution in [0.15, 0.2) is 36.7 Å². The van der Waals surface area contributed by atoms with Crippen molar-refractivity contribution in [3.05, 3.63) is 53.6 Å². The number of hydrogen-bond acceptors (Lipinski definition) is 5. The summed E-state index contributed by atoms with van der Waals surface area (Å²) in [6, 6.07) is 7.32. The van der Waals surface area contributed by atoms with Gasteiger partial charge in [0.25, 0.3) is 0 Å². The van der Waals surface area contributed by atoms with E-state index in [2.05, 4.69) is 47.9 Å². The van der Waals surface area contributed by atoms with Gasteiger partial charge < -0.3 is 11.1 Å². The molecule has 1 aromatic heterocycles. The number of benzene rings is 1. The topological polar surface area (TPSA) is 67.1 Å². The number of aromatic nitrogens is 2. The molecule has 0 radical (unpaired) electrons. The molecule has 0 atom stereocenters. The molecule has 5 nitrogen and oxygen atoms in total. The second-order valence-electron chi connectivity index (χ2n) is 8.90. The molecule has 0 spiro atoms. The molecule has 2 aromatic rings. The molecule has 1 saturated heterocycles. The fourth-order valence-electron chi connectivity index (χ4n) is 4.37. The molecule has 3 N–H and O–H groups in total. The van der Waals surface area contributed by atoms with Gasteiger partial charge in [0, 0.05) is 53.7 Å². The van der Waals surface area contributed by atoms with Crippen molar-refractivity contribution in [2.24, 2.45) is 0 Å². The van der Waals surface area contributed by atoms with E-state index in [1.54, 1.807) is 18.5 Å². The Kier molecular flexibility index (Phi) is 5.49. The zero-order valence-electron chi connectivity index (χ0n) is 16.7. The van der Waals surface area contributed by atoms with Gasteiger partial charge in [-0.1, -0.05) is 18.2 Å². The van der Waals surface area contributed by atoms with Crippen molar-refractivity contribution < 1.29 is 4.39 Å². The number of nitrogen functional groups attached to an aromatic ring is 1. The molecular weight excluding hydrogens is 341 g/mol. The van der Waals surface area contributed by atoms with Gasteiger partial charge in [-0.2, -0.15) is 0 Å². The van der Waals surface area contributed by atoms with Crippen molar-refractivity contribution >= 4 is 5.95 Å². The molecule has 3 rings (SSSR count). The molecular formula is C21H30FN5. The van der Waals surface area contributed by atoms with Gasteiger partial charge in [0.1, 0.15) is 5.82 Å². The van der Waals surface area contributed by atoms with Crippen LogP contribution < -0.4 is 11.1 Å². The monoisotopic (exact) mass is 371 g/mol. The Hall–Kier alpha value is -2.05. The number of hydrogen-bond donors (Lipinski definition) is 2. The molecule has 1 aliphatic rings. The second kappa shape index (κ2) is 7.52. The molecule has 0 aliphatic carbocycles. The highest BCUT2D eigenvalue weighted by molar-refractivity contribution is 5.20. The smallest absolute Gasteiger partial charge is 0.219 e. The average Bonchev–Trinajstić information content (AvgIpc) is 2.55. The Morgan fingerprint density at radius 3 is 2.26 bits per heavy atom. The molecule has 27 heavy (non-hydrogen) atoms. The zero-order valence-corrected chi connectivity index (χ0v) is 16.7. The molecule has 146 valence electrons. The number of nitrogens with zero attached hydrogens (tertiary/aromatic N) is 3. The molecule has 2 heterocycles. The molecule has 0 saturated carbocycles. The minimum Gasteiger partial charge on any atom is -0.368 e. The first kappa shape index (κ1) is 19.7. The van der Waals surface area contributed by atoms with E-state index < -0.39 is 0 Å². The van der Waals surface area contributed by atoms with Crippen LogP contribution >= 0.6 is 0 Å². The van der Waals surface area contributed by atoms with Gasteiger partial charge in [-0.15, -0.1) is 0 Å². The van der Waals surface area contributed by atoms with Crippen LogP contribution in [-0.2, 0) is 13.1 Å². The first-order valence-electron chi connectivity index (χ1n) is 9.47. The van der Waals surface area contributed by atoms with Crippen LogP contribution in [0.5, 0.6) is 0 Å². The highest BCUT2D eigenvalue weighted by atomic mass is 19.1. The van der Waals surface area contributed by atoms with Crippen LogP contribution in [0.2, 0.25) is 0 Å². The quantitative estimate of drug-likeness (QED) is 0.842. The first-order chi connectivity index (χ1) is 12.6. The Labute approximate surface area is 161 Å². The van der Waals surface area contributed by atoms with Crippen LogP contribution in [-0.4, -0.2) is 32.0 Å². The standard InChI is InChI=1S/C21H30FN5/c1-20(2)9-17(10-21(3,4)26-20)27(13-15-11-24-19(23)25-12-15)14-16-7-5-6-8-18(16)22/h5-8,11-12,17,26H,9-10,13-14H2,1-4H3,(H2,23,24,25). The fourth-order valence-corrected chi connectivity index (χ4v) is 4.37. The Morgan fingerprint density at radius 2 is 1.67 bits per heavy atom.